The summed E-state index contributed by atoms with van der Waals surface area (Å²) in [4.78, 5) is 21.0. The number of hydrogen-bond donors (Lipinski definition) is 6. The Hall–Kier alpha value is -2.60. The lowest BCUT2D eigenvalue weighted by Gasteiger charge is -2.19. The van der Waals surface area contributed by atoms with E-state index in [1.165, 1.54) is 0 Å². The Kier molecular flexibility index (Phi) is 5.89. The van der Waals surface area contributed by atoms with Crippen LogP contribution in [0.5, 0.6) is 0 Å². The van der Waals surface area contributed by atoms with Crippen molar-refractivity contribution in [2.45, 2.75) is 0 Å². The highest BCUT2D eigenvalue weighted by atomic mass is 16.8. The Labute approximate surface area is 123 Å². The predicted octanol–water partition coefficient (Wildman–Crippen LogP) is -1.31. The van der Waals surface area contributed by atoms with Crippen LogP contribution in [0.2, 0.25) is 0 Å². The summed E-state index contributed by atoms with van der Waals surface area (Å²) in [6, 6.07) is 1.93. The zero-order chi connectivity index (χ0) is 16.9. The number of carboxylic acids is 2. The Morgan fingerprint density at radius 2 is 1.23 bits per heavy atom. The molecule has 1 aromatic rings. The van der Waals surface area contributed by atoms with E-state index in [1.807, 2.05) is 0 Å². The Morgan fingerprint density at radius 3 is 1.50 bits per heavy atom. The van der Waals surface area contributed by atoms with Crippen molar-refractivity contribution >= 4 is 35.5 Å². The zero-order valence-corrected chi connectivity index (χ0v) is 10.9. The summed E-state index contributed by atoms with van der Waals surface area (Å²) in [6.45, 7) is 0. The molecule has 118 valence electrons. The predicted molar refractivity (Wildman–Crippen MR) is 71.3 cm³/mol. The van der Waals surface area contributed by atoms with Crippen molar-refractivity contribution in [1.29, 1.82) is 0 Å². The maximum absolute atomic E-state index is 11.1. The normalized spacial score (nSPS) is 14.4. The van der Waals surface area contributed by atoms with Crippen molar-refractivity contribution in [3.05, 3.63) is 45.8 Å². The van der Waals surface area contributed by atoms with Gasteiger partial charge in [-0.25, -0.2) is 20.0 Å². The van der Waals surface area contributed by atoms with Gasteiger partial charge in [0.2, 0.25) is 0 Å². The molecular formula is C12H12N2O8. The molecule has 0 aliphatic carbocycles. The number of aliphatic carboxylic acids is 2. The van der Waals surface area contributed by atoms with E-state index < -0.39 is 33.8 Å². The second-order valence-electron chi connectivity index (χ2n) is 3.98. The number of nitrogens with one attached hydrogen (secondary N) is 2. The van der Waals surface area contributed by atoms with Crippen molar-refractivity contribution in [3.63, 3.8) is 0 Å². The average molecular weight is 312 g/mol. The van der Waals surface area contributed by atoms with E-state index in [1.54, 1.807) is 0 Å². The molecule has 0 saturated carbocycles. The monoisotopic (exact) mass is 312 g/mol. The maximum Gasteiger partial charge on any atom is 0.328 e. The summed E-state index contributed by atoms with van der Waals surface area (Å²) < 4.78 is 0. The number of carboxylic acid groups (broad SMARTS) is 2. The first-order chi connectivity index (χ1) is 10.2. The molecule has 10 heteroatoms. The number of benzene rings is 1. The molecule has 0 heterocycles. The van der Waals surface area contributed by atoms with Gasteiger partial charge in [-0.05, 0) is 18.2 Å². The highest BCUT2D eigenvalue weighted by Gasteiger charge is 2.17. The highest BCUT2D eigenvalue weighted by molar-refractivity contribution is 5.89. The van der Waals surface area contributed by atoms with Crippen LogP contribution in [0, 0.1) is 10.4 Å². The molecule has 22 heavy (non-hydrogen) atoms. The van der Waals surface area contributed by atoms with Crippen LogP contribution >= 0.6 is 0 Å². The third kappa shape index (κ3) is 4.75. The van der Waals surface area contributed by atoms with Gasteiger partial charge in [0.1, 0.15) is 0 Å². The van der Waals surface area contributed by atoms with Crippen molar-refractivity contribution in [2.24, 2.45) is 0 Å². The minimum Gasteiger partial charge on any atom is -0.595 e. The third-order valence-electron chi connectivity index (χ3n) is 2.49. The molecule has 10 nitrogen and oxygen atoms in total. The molecular weight excluding hydrogens is 300 g/mol. The van der Waals surface area contributed by atoms with E-state index in [4.69, 9.17) is 20.6 Å². The van der Waals surface area contributed by atoms with Crippen LogP contribution in [0.1, 0.15) is 11.1 Å². The lowest BCUT2D eigenvalue weighted by atomic mass is 10.0. The van der Waals surface area contributed by atoms with E-state index in [2.05, 4.69) is 0 Å². The van der Waals surface area contributed by atoms with Gasteiger partial charge >= 0.3 is 11.9 Å². The summed E-state index contributed by atoms with van der Waals surface area (Å²) in [7, 11) is 0. The van der Waals surface area contributed by atoms with Gasteiger partial charge in [-0.1, -0.05) is 0 Å². The highest BCUT2D eigenvalue weighted by Crippen LogP contribution is 2.23. The molecule has 0 saturated heterocycles. The number of hydrogen-bond acceptors (Lipinski definition) is 6. The summed E-state index contributed by atoms with van der Waals surface area (Å²) in [5, 5.41) is 54.6. The molecule has 0 fully saturated rings. The number of quaternary nitrogens is 2. The van der Waals surface area contributed by atoms with Crippen LogP contribution in [-0.2, 0) is 9.59 Å². The Balaban J connectivity index is 3.51. The number of carbonyl (C=O) groups is 2. The third-order valence-corrected chi connectivity index (χ3v) is 2.49. The van der Waals surface area contributed by atoms with E-state index in [0.29, 0.717) is 12.2 Å². The molecule has 2 unspecified atom stereocenters. The minimum absolute atomic E-state index is 0.0649. The van der Waals surface area contributed by atoms with Crippen molar-refractivity contribution in [2.75, 3.05) is 0 Å². The van der Waals surface area contributed by atoms with E-state index in [0.717, 1.165) is 24.3 Å². The van der Waals surface area contributed by atoms with Crippen molar-refractivity contribution in [1.82, 2.24) is 0 Å². The molecule has 0 aromatic heterocycles. The van der Waals surface area contributed by atoms with Crippen LogP contribution in [0.25, 0.3) is 12.2 Å². The van der Waals surface area contributed by atoms with Gasteiger partial charge in [0.25, 0.3) is 0 Å². The first-order valence-electron chi connectivity index (χ1n) is 5.69. The second kappa shape index (κ2) is 7.42. The molecule has 1 rings (SSSR count). The SMILES string of the molecule is O=C(O)C=Cc1cc(C=CC(=O)O)c([NH+]([O-])O)cc1[NH+]([O-])O. The van der Waals surface area contributed by atoms with Crippen LogP contribution in [-0.4, -0.2) is 32.6 Å². The van der Waals surface area contributed by atoms with Crippen LogP contribution in [0.4, 0.5) is 11.4 Å². The number of rotatable bonds is 6. The fraction of sp³-hybridized carbons (Fsp3) is 0. The van der Waals surface area contributed by atoms with E-state index in [9.17, 15) is 20.0 Å². The lowest BCUT2D eigenvalue weighted by molar-refractivity contribution is -0.996. The van der Waals surface area contributed by atoms with Crippen molar-refractivity contribution < 1.29 is 40.7 Å². The quantitative estimate of drug-likeness (QED) is 0.277. The fourth-order valence-corrected chi connectivity index (χ4v) is 1.60. The lowest BCUT2D eigenvalue weighted by Crippen LogP contribution is -3.01. The van der Waals surface area contributed by atoms with Gasteiger partial charge in [-0.3, -0.25) is 0 Å². The minimum atomic E-state index is -1.44. The van der Waals surface area contributed by atoms with E-state index >= 15 is 0 Å². The Morgan fingerprint density at radius 1 is 0.864 bits per heavy atom. The molecule has 0 radical (unpaired) electrons. The van der Waals surface area contributed by atoms with Crippen LogP contribution in [0.3, 0.4) is 0 Å². The van der Waals surface area contributed by atoms with Gasteiger partial charge in [-0.2, -0.15) is 10.5 Å². The standard InChI is InChI=1S/C12H12N2O8/c15-11(16)3-1-7-5-8(2-4-12(17)18)10(14(21)22)6-9(7)13(19)20/h1-6,13-14,19,21H,(H,15,16)(H,17,18). The summed E-state index contributed by atoms with van der Waals surface area (Å²) in [6.07, 6.45) is 3.34. The summed E-state index contributed by atoms with van der Waals surface area (Å²) >= 11 is 0. The van der Waals surface area contributed by atoms with Crippen molar-refractivity contribution in [3.8, 4) is 0 Å². The average Bonchev–Trinajstić information content (AvgIpc) is 2.41. The fourth-order valence-electron chi connectivity index (χ4n) is 1.60. The molecule has 0 amide bonds. The topological polar surface area (TPSA) is 170 Å². The molecule has 6 N–H and O–H groups in total. The zero-order valence-electron chi connectivity index (χ0n) is 10.9. The molecule has 0 bridgehead atoms. The molecule has 0 spiro atoms. The van der Waals surface area contributed by atoms with Gasteiger partial charge in [0, 0.05) is 23.3 Å². The summed E-state index contributed by atoms with van der Waals surface area (Å²) in [5.74, 6) is -2.64. The molecule has 0 aliphatic rings. The molecule has 2 atom stereocenters. The first kappa shape index (κ1) is 17.5. The smallest absolute Gasteiger partial charge is 0.328 e. The van der Waals surface area contributed by atoms with Crippen LogP contribution < -0.4 is 10.5 Å². The van der Waals surface area contributed by atoms with Gasteiger partial charge < -0.3 is 20.6 Å². The Bertz CT molecular complexity index is 585. The van der Waals surface area contributed by atoms with Gasteiger partial charge in [0.15, 0.2) is 11.4 Å². The second-order valence-corrected chi connectivity index (χ2v) is 3.98. The molecule has 1 aromatic carbocycles. The first-order valence-corrected chi connectivity index (χ1v) is 5.69. The largest absolute Gasteiger partial charge is 0.595 e. The maximum atomic E-state index is 11.1. The van der Waals surface area contributed by atoms with Gasteiger partial charge in [-0.15, -0.1) is 0 Å². The van der Waals surface area contributed by atoms with Crippen LogP contribution in [0.15, 0.2) is 24.3 Å². The summed E-state index contributed by atoms with van der Waals surface area (Å²) in [5.41, 5.74) is -0.959. The van der Waals surface area contributed by atoms with Gasteiger partial charge in [0.05, 0.1) is 6.07 Å². The van der Waals surface area contributed by atoms with E-state index in [-0.39, 0.29) is 11.1 Å². The molecule has 0 aliphatic heterocycles.